The molecule has 0 spiro atoms. The minimum Gasteiger partial charge on any atom is -0.310 e. The molecule has 1 aromatic rings. The van der Waals surface area contributed by atoms with Gasteiger partial charge in [0.15, 0.2) is 0 Å². The lowest BCUT2D eigenvalue weighted by molar-refractivity contribution is -0.0497. The predicted octanol–water partition coefficient (Wildman–Crippen LogP) is 5.00. The molecular weight excluding hydrogens is 275 g/mol. The summed E-state index contributed by atoms with van der Waals surface area (Å²) in [4.78, 5) is 0. The highest BCUT2D eigenvalue weighted by atomic mass is 19.3. The summed E-state index contributed by atoms with van der Waals surface area (Å²) < 4.78 is 40.3. The Morgan fingerprint density at radius 1 is 1.29 bits per heavy atom. The van der Waals surface area contributed by atoms with E-state index >= 15 is 0 Å². The molecule has 1 aliphatic rings. The van der Waals surface area contributed by atoms with Gasteiger partial charge in [-0.1, -0.05) is 13.0 Å². The van der Waals surface area contributed by atoms with Crippen molar-refractivity contribution < 1.29 is 13.2 Å². The average molecular weight is 299 g/mol. The number of halogens is 3. The van der Waals surface area contributed by atoms with E-state index in [0.717, 1.165) is 24.1 Å². The fraction of sp³-hybridized carbons (Fsp3) is 0.647. The van der Waals surface area contributed by atoms with E-state index in [0.29, 0.717) is 12.8 Å². The molecule has 118 valence electrons. The first kappa shape index (κ1) is 16.3. The van der Waals surface area contributed by atoms with E-state index in [4.69, 9.17) is 0 Å². The number of aryl methyl sites for hydroxylation is 1. The first-order valence-electron chi connectivity index (χ1n) is 7.80. The van der Waals surface area contributed by atoms with Gasteiger partial charge in [0, 0.05) is 18.9 Å². The van der Waals surface area contributed by atoms with Gasteiger partial charge in [0.05, 0.1) is 0 Å². The normalized spacial score (nSPS) is 20.4. The molecule has 0 aliphatic heterocycles. The first-order chi connectivity index (χ1) is 9.93. The molecule has 4 heteroatoms. The molecule has 2 rings (SSSR count). The summed E-state index contributed by atoms with van der Waals surface area (Å²) in [6.07, 6.45) is 1.83. The smallest absolute Gasteiger partial charge is 0.248 e. The van der Waals surface area contributed by atoms with Crippen LogP contribution in [0.3, 0.4) is 0 Å². The Balaban J connectivity index is 2.20. The van der Waals surface area contributed by atoms with Crippen LogP contribution in [0.4, 0.5) is 13.2 Å². The Morgan fingerprint density at radius 3 is 2.57 bits per heavy atom. The highest BCUT2D eigenvalue weighted by Gasteiger charge is 2.38. The van der Waals surface area contributed by atoms with E-state index in [1.807, 2.05) is 6.92 Å². The molecule has 1 saturated carbocycles. The van der Waals surface area contributed by atoms with E-state index in [1.54, 1.807) is 12.1 Å². The van der Waals surface area contributed by atoms with Gasteiger partial charge in [-0.05, 0) is 61.9 Å². The molecule has 0 bridgehead atoms. The summed E-state index contributed by atoms with van der Waals surface area (Å²) in [5.41, 5.74) is 1.93. The van der Waals surface area contributed by atoms with Crippen molar-refractivity contribution in [3.63, 3.8) is 0 Å². The van der Waals surface area contributed by atoms with Gasteiger partial charge in [0.2, 0.25) is 5.92 Å². The fourth-order valence-corrected chi connectivity index (χ4v) is 3.17. The maximum atomic E-state index is 13.6. The number of alkyl halides is 2. The molecule has 0 radical (unpaired) electrons. The Bertz CT molecular complexity index is 463. The number of benzene rings is 1. The van der Waals surface area contributed by atoms with Crippen LogP contribution in [-0.2, 0) is 0 Å². The van der Waals surface area contributed by atoms with Crippen molar-refractivity contribution in [3.8, 4) is 0 Å². The summed E-state index contributed by atoms with van der Waals surface area (Å²) in [7, 11) is 0. The van der Waals surface area contributed by atoms with Gasteiger partial charge in [-0.2, -0.15) is 0 Å². The lowest BCUT2D eigenvalue weighted by Crippen LogP contribution is -2.35. The Hall–Kier alpha value is -1.03. The molecule has 1 N–H and O–H groups in total. The number of hydrogen-bond acceptors (Lipinski definition) is 1. The minimum atomic E-state index is -2.53. The van der Waals surface area contributed by atoms with E-state index < -0.39 is 5.92 Å². The second-order valence-corrected chi connectivity index (χ2v) is 6.13. The van der Waals surface area contributed by atoms with Crippen LogP contribution < -0.4 is 5.32 Å². The number of rotatable bonds is 5. The molecular formula is C17H24F3N. The van der Waals surface area contributed by atoms with Crippen molar-refractivity contribution in [2.45, 2.75) is 57.9 Å². The Kier molecular flexibility index (Phi) is 5.31. The van der Waals surface area contributed by atoms with Crippen LogP contribution in [0.15, 0.2) is 18.2 Å². The largest absolute Gasteiger partial charge is 0.310 e. The molecule has 0 aromatic heterocycles. The van der Waals surface area contributed by atoms with Gasteiger partial charge in [-0.25, -0.2) is 13.2 Å². The lowest BCUT2D eigenvalue weighted by atomic mass is 9.78. The first-order valence-corrected chi connectivity index (χ1v) is 7.80. The fourth-order valence-electron chi connectivity index (χ4n) is 3.17. The van der Waals surface area contributed by atoms with E-state index in [2.05, 4.69) is 12.2 Å². The van der Waals surface area contributed by atoms with Gasteiger partial charge in [-0.15, -0.1) is 0 Å². The van der Waals surface area contributed by atoms with E-state index in [9.17, 15) is 13.2 Å². The van der Waals surface area contributed by atoms with Crippen LogP contribution in [0.5, 0.6) is 0 Å². The van der Waals surface area contributed by atoms with Crippen molar-refractivity contribution in [1.29, 1.82) is 0 Å². The van der Waals surface area contributed by atoms with Crippen LogP contribution >= 0.6 is 0 Å². The molecule has 0 amide bonds. The van der Waals surface area contributed by atoms with Crippen LogP contribution in [0.1, 0.15) is 56.2 Å². The zero-order valence-electron chi connectivity index (χ0n) is 12.8. The van der Waals surface area contributed by atoms with Gasteiger partial charge in [0.1, 0.15) is 5.82 Å². The third-order valence-corrected chi connectivity index (χ3v) is 4.42. The molecule has 1 atom stereocenters. The van der Waals surface area contributed by atoms with Crippen LogP contribution in [0, 0.1) is 18.7 Å². The molecule has 1 unspecified atom stereocenters. The summed E-state index contributed by atoms with van der Waals surface area (Å²) in [6.45, 7) is 4.83. The minimum absolute atomic E-state index is 0.0308. The summed E-state index contributed by atoms with van der Waals surface area (Å²) in [5, 5.41) is 3.44. The van der Waals surface area contributed by atoms with Crippen molar-refractivity contribution in [3.05, 3.63) is 35.1 Å². The van der Waals surface area contributed by atoms with Crippen molar-refractivity contribution in [1.82, 2.24) is 5.32 Å². The van der Waals surface area contributed by atoms with Crippen LogP contribution in [0.25, 0.3) is 0 Å². The van der Waals surface area contributed by atoms with Gasteiger partial charge < -0.3 is 5.32 Å². The highest BCUT2D eigenvalue weighted by Crippen LogP contribution is 2.42. The molecule has 21 heavy (non-hydrogen) atoms. The molecule has 1 aromatic carbocycles. The third kappa shape index (κ3) is 4.22. The summed E-state index contributed by atoms with van der Waals surface area (Å²) >= 11 is 0. The quantitative estimate of drug-likeness (QED) is 0.806. The lowest BCUT2D eigenvalue weighted by Gasteiger charge is -2.35. The van der Waals surface area contributed by atoms with Crippen molar-refractivity contribution in [2.24, 2.45) is 5.92 Å². The van der Waals surface area contributed by atoms with Gasteiger partial charge in [0.25, 0.3) is 0 Å². The topological polar surface area (TPSA) is 12.0 Å². The van der Waals surface area contributed by atoms with E-state index in [1.165, 1.54) is 6.07 Å². The number of hydrogen-bond donors (Lipinski definition) is 1. The second kappa shape index (κ2) is 6.82. The maximum absolute atomic E-state index is 13.6. The van der Waals surface area contributed by atoms with E-state index in [-0.39, 0.29) is 30.6 Å². The third-order valence-electron chi connectivity index (χ3n) is 4.42. The monoisotopic (exact) mass is 299 g/mol. The molecule has 1 fully saturated rings. The SMILES string of the molecule is CCCNC(c1cc(F)ccc1C)C1CCC(F)(F)CC1. The molecule has 0 saturated heterocycles. The Labute approximate surface area is 124 Å². The van der Waals surface area contributed by atoms with Gasteiger partial charge in [-0.3, -0.25) is 0 Å². The number of nitrogens with one attached hydrogen (secondary N) is 1. The van der Waals surface area contributed by atoms with Crippen LogP contribution in [0.2, 0.25) is 0 Å². The molecule has 1 aliphatic carbocycles. The highest BCUT2D eigenvalue weighted by molar-refractivity contribution is 5.30. The van der Waals surface area contributed by atoms with Crippen LogP contribution in [-0.4, -0.2) is 12.5 Å². The standard InChI is InChI=1S/C17H24F3N/c1-3-10-21-16(13-6-8-17(19,20)9-7-13)15-11-14(18)5-4-12(15)2/h4-5,11,13,16,21H,3,6-10H2,1-2H3. The summed E-state index contributed by atoms with van der Waals surface area (Å²) in [5.74, 6) is -2.64. The van der Waals surface area contributed by atoms with Gasteiger partial charge >= 0.3 is 0 Å². The molecule has 0 heterocycles. The Morgan fingerprint density at radius 2 is 1.95 bits per heavy atom. The van der Waals surface area contributed by atoms with Crippen molar-refractivity contribution in [2.75, 3.05) is 6.54 Å². The zero-order valence-corrected chi connectivity index (χ0v) is 12.8. The average Bonchev–Trinajstić information content (AvgIpc) is 2.44. The zero-order chi connectivity index (χ0) is 15.5. The second-order valence-electron chi connectivity index (χ2n) is 6.13. The van der Waals surface area contributed by atoms with Crippen molar-refractivity contribution >= 4 is 0 Å². The maximum Gasteiger partial charge on any atom is 0.248 e. The summed E-state index contributed by atoms with van der Waals surface area (Å²) in [6, 6.07) is 4.74. The molecule has 1 nitrogen and oxygen atoms in total. The predicted molar refractivity (Wildman–Crippen MR) is 79.1 cm³/mol.